The molecule has 0 aliphatic carbocycles. The van der Waals surface area contributed by atoms with Crippen molar-refractivity contribution >= 4 is 11.6 Å². The number of anilines is 1. The van der Waals surface area contributed by atoms with Gasteiger partial charge in [-0.25, -0.2) is 0 Å². The van der Waals surface area contributed by atoms with Crippen LogP contribution in [-0.2, 0) is 17.8 Å². The van der Waals surface area contributed by atoms with Gasteiger partial charge in [-0.1, -0.05) is 48.0 Å². The van der Waals surface area contributed by atoms with Crippen molar-refractivity contribution in [3.63, 3.8) is 0 Å². The van der Waals surface area contributed by atoms with Crippen LogP contribution < -0.4 is 11.1 Å². The monoisotopic (exact) mass is 268 g/mol. The minimum absolute atomic E-state index is 0.0507. The predicted molar refractivity (Wildman–Crippen MR) is 82.2 cm³/mol. The molecule has 3 heteroatoms. The molecule has 0 heterocycles. The largest absolute Gasteiger partial charge is 0.398 e. The van der Waals surface area contributed by atoms with E-state index in [0.717, 1.165) is 12.0 Å². The lowest BCUT2D eigenvalue weighted by Crippen LogP contribution is -2.23. The number of hydrogen-bond acceptors (Lipinski definition) is 2. The molecule has 0 aliphatic heterocycles. The highest BCUT2D eigenvalue weighted by molar-refractivity contribution is 5.76. The van der Waals surface area contributed by atoms with Gasteiger partial charge in [0.25, 0.3) is 0 Å². The van der Waals surface area contributed by atoms with Crippen LogP contribution in [0.2, 0.25) is 0 Å². The zero-order chi connectivity index (χ0) is 14.4. The molecule has 1 amide bonds. The number of aryl methyl sites for hydroxylation is 2. The number of carbonyl (C=O) groups is 1. The van der Waals surface area contributed by atoms with Crippen molar-refractivity contribution in [3.05, 3.63) is 65.2 Å². The van der Waals surface area contributed by atoms with Gasteiger partial charge in [0.2, 0.25) is 5.91 Å². The summed E-state index contributed by atoms with van der Waals surface area (Å²) < 4.78 is 0. The number of benzene rings is 2. The second kappa shape index (κ2) is 6.75. The molecule has 0 atom stereocenters. The Kier molecular flexibility index (Phi) is 4.77. The lowest BCUT2D eigenvalue weighted by molar-refractivity contribution is -0.121. The summed E-state index contributed by atoms with van der Waals surface area (Å²) in [6.07, 6.45) is 1.26. The molecule has 0 spiro atoms. The number of amides is 1. The molecule has 3 N–H and O–H groups in total. The summed E-state index contributed by atoms with van der Waals surface area (Å²) in [6, 6.07) is 15.8. The van der Waals surface area contributed by atoms with Gasteiger partial charge in [-0.3, -0.25) is 4.79 Å². The number of carbonyl (C=O) groups excluding carboxylic acids is 1. The van der Waals surface area contributed by atoms with Crippen LogP contribution in [0.15, 0.2) is 48.5 Å². The summed E-state index contributed by atoms with van der Waals surface area (Å²) in [5.74, 6) is 0.0507. The van der Waals surface area contributed by atoms with Gasteiger partial charge in [-0.2, -0.15) is 0 Å². The van der Waals surface area contributed by atoms with Crippen LogP contribution in [0.4, 0.5) is 5.69 Å². The first kappa shape index (κ1) is 14.1. The first-order chi connectivity index (χ1) is 9.65. The first-order valence-corrected chi connectivity index (χ1v) is 6.81. The second-order valence-corrected chi connectivity index (χ2v) is 4.96. The maximum Gasteiger partial charge on any atom is 0.220 e. The van der Waals surface area contributed by atoms with Gasteiger partial charge in [0.05, 0.1) is 0 Å². The molecule has 0 saturated carbocycles. The van der Waals surface area contributed by atoms with Gasteiger partial charge in [0.15, 0.2) is 0 Å². The van der Waals surface area contributed by atoms with Crippen LogP contribution in [-0.4, -0.2) is 5.91 Å². The molecule has 0 fully saturated rings. The number of hydrogen-bond donors (Lipinski definition) is 2. The summed E-state index contributed by atoms with van der Waals surface area (Å²) in [5.41, 5.74) is 9.92. The second-order valence-electron chi connectivity index (χ2n) is 4.96. The topological polar surface area (TPSA) is 55.1 Å². The quantitative estimate of drug-likeness (QED) is 0.819. The van der Waals surface area contributed by atoms with Gasteiger partial charge < -0.3 is 11.1 Å². The molecule has 0 unspecified atom stereocenters. The Labute approximate surface area is 119 Å². The van der Waals surface area contributed by atoms with Gasteiger partial charge >= 0.3 is 0 Å². The Morgan fingerprint density at radius 1 is 1.15 bits per heavy atom. The number of nitrogen functional groups attached to an aromatic ring is 1. The summed E-state index contributed by atoms with van der Waals surface area (Å²) in [4.78, 5) is 11.8. The van der Waals surface area contributed by atoms with Crippen molar-refractivity contribution in [2.24, 2.45) is 0 Å². The summed E-state index contributed by atoms with van der Waals surface area (Å²) >= 11 is 0. The smallest absolute Gasteiger partial charge is 0.220 e. The zero-order valence-corrected chi connectivity index (χ0v) is 11.7. The number of nitrogens with two attached hydrogens (primary N) is 1. The van der Waals surface area contributed by atoms with Gasteiger partial charge in [0, 0.05) is 18.7 Å². The number of rotatable bonds is 5. The normalized spacial score (nSPS) is 10.2. The van der Waals surface area contributed by atoms with Gasteiger partial charge in [-0.15, -0.1) is 0 Å². The van der Waals surface area contributed by atoms with E-state index < -0.39 is 0 Å². The van der Waals surface area contributed by atoms with Crippen molar-refractivity contribution in [2.45, 2.75) is 26.3 Å². The van der Waals surface area contributed by atoms with E-state index in [0.29, 0.717) is 18.7 Å². The number of nitrogens with one attached hydrogen (secondary N) is 1. The molecule has 2 aromatic rings. The maximum atomic E-state index is 11.8. The van der Waals surface area contributed by atoms with Crippen LogP contribution in [0.25, 0.3) is 0 Å². The zero-order valence-electron chi connectivity index (χ0n) is 11.7. The van der Waals surface area contributed by atoms with E-state index in [1.165, 1.54) is 11.1 Å². The van der Waals surface area contributed by atoms with Crippen LogP contribution in [0.1, 0.15) is 23.1 Å². The van der Waals surface area contributed by atoms with E-state index >= 15 is 0 Å². The third kappa shape index (κ3) is 4.12. The van der Waals surface area contributed by atoms with Crippen LogP contribution >= 0.6 is 0 Å². The van der Waals surface area contributed by atoms with E-state index in [1.807, 2.05) is 30.3 Å². The van der Waals surface area contributed by atoms with Gasteiger partial charge in [-0.05, 0) is 30.5 Å². The standard InChI is InChI=1S/C17H20N2O/c1-13-5-4-6-14(11-13)9-10-17(20)19-12-15-7-2-3-8-16(15)18/h2-8,11H,9-10,12,18H2,1H3,(H,19,20). The molecule has 2 aromatic carbocycles. The Hall–Kier alpha value is -2.29. The van der Waals surface area contributed by atoms with Crippen LogP contribution in [0.3, 0.4) is 0 Å². The van der Waals surface area contributed by atoms with Crippen molar-refractivity contribution in [1.29, 1.82) is 0 Å². The Morgan fingerprint density at radius 3 is 2.70 bits per heavy atom. The fourth-order valence-corrected chi connectivity index (χ4v) is 2.10. The lowest BCUT2D eigenvalue weighted by atomic mass is 10.1. The number of para-hydroxylation sites is 1. The molecule has 0 bridgehead atoms. The molecule has 0 aromatic heterocycles. The Bertz CT molecular complexity index is 593. The third-order valence-corrected chi connectivity index (χ3v) is 3.25. The Morgan fingerprint density at radius 2 is 1.95 bits per heavy atom. The Balaban J connectivity index is 1.80. The predicted octanol–water partition coefficient (Wildman–Crippen LogP) is 2.83. The molecule has 104 valence electrons. The van der Waals surface area contributed by atoms with E-state index in [2.05, 4.69) is 30.4 Å². The lowest BCUT2D eigenvalue weighted by Gasteiger charge is -2.08. The van der Waals surface area contributed by atoms with E-state index in [4.69, 9.17) is 5.73 Å². The molecular formula is C17H20N2O. The summed E-state index contributed by atoms with van der Waals surface area (Å²) in [7, 11) is 0. The van der Waals surface area contributed by atoms with Crippen molar-refractivity contribution in [1.82, 2.24) is 5.32 Å². The highest BCUT2D eigenvalue weighted by atomic mass is 16.1. The van der Waals surface area contributed by atoms with E-state index in [-0.39, 0.29) is 5.91 Å². The molecule has 0 saturated heterocycles. The van der Waals surface area contributed by atoms with Crippen LogP contribution in [0, 0.1) is 6.92 Å². The molecule has 3 nitrogen and oxygen atoms in total. The fourth-order valence-electron chi connectivity index (χ4n) is 2.10. The first-order valence-electron chi connectivity index (χ1n) is 6.81. The minimum atomic E-state index is 0.0507. The van der Waals surface area contributed by atoms with Gasteiger partial charge in [0.1, 0.15) is 0 Å². The SMILES string of the molecule is Cc1cccc(CCC(=O)NCc2ccccc2N)c1. The highest BCUT2D eigenvalue weighted by Gasteiger charge is 2.04. The van der Waals surface area contributed by atoms with E-state index in [1.54, 1.807) is 0 Å². The minimum Gasteiger partial charge on any atom is -0.398 e. The third-order valence-electron chi connectivity index (χ3n) is 3.25. The maximum absolute atomic E-state index is 11.8. The highest BCUT2D eigenvalue weighted by Crippen LogP contribution is 2.10. The van der Waals surface area contributed by atoms with Crippen LogP contribution in [0.5, 0.6) is 0 Å². The molecule has 0 radical (unpaired) electrons. The van der Waals surface area contributed by atoms with E-state index in [9.17, 15) is 4.79 Å². The average Bonchev–Trinajstić information content (AvgIpc) is 2.44. The summed E-state index contributed by atoms with van der Waals surface area (Å²) in [6.45, 7) is 2.54. The van der Waals surface area contributed by atoms with Crippen molar-refractivity contribution in [2.75, 3.05) is 5.73 Å². The molecule has 20 heavy (non-hydrogen) atoms. The molecular weight excluding hydrogens is 248 g/mol. The van der Waals surface area contributed by atoms with Crippen molar-refractivity contribution in [3.8, 4) is 0 Å². The molecule has 0 aliphatic rings. The fraction of sp³-hybridized carbons (Fsp3) is 0.235. The molecule has 2 rings (SSSR count). The summed E-state index contributed by atoms with van der Waals surface area (Å²) in [5, 5.41) is 2.91. The van der Waals surface area contributed by atoms with Crippen molar-refractivity contribution < 1.29 is 4.79 Å². The average molecular weight is 268 g/mol.